The Morgan fingerprint density at radius 3 is 2.87 bits per heavy atom. The van der Waals surface area contributed by atoms with Gasteiger partial charge in [0.05, 0.1) is 12.4 Å². The Bertz CT molecular complexity index is 355. The molecule has 4 nitrogen and oxygen atoms in total. The predicted octanol–water partition coefficient (Wildman–Crippen LogP) is 1.41. The maximum Gasteiger partial charge on any atom is 0.230 e. The number of methoxy groups -OCH3 is 1. The highest BCUT2D eigenvalue weighted by Gasteiger charge is 2.04. The molecule has 1 rings (SSSR count). The first-order valence-electron chi connectivity index (χ1n) is 4.36. The van der Waals surface area contributed by atoms with E-state index in [2.05, 4.69) is 21.2 Å². The first-order chi connectivity index (χ1) is 7.17. The smallest absolute Gasteiger partial charge is 0.230 e. The SMILES string of the molecule is COc1ccc(CNC(=O)CBr)c(O)c1. The van der Waals surface area contributed by atoms with Crippen LogP contribution in [0.5, 0.6) is 11.5 Å². The Kier molecular flexibility index (Phi) is 4.42. The number of nitrogens with one attached hydrogen (secondary N) is 1. The monoisotopic (exact) mass is 273 g/mol. The summed E-state index contributed by atoms with van der Waals surface area (Å²) in [6.07, 6.45) is 0. The molecule has 1 aromatic carbocycles. The maximum atomic E-state index is 11.0. The second-order valence-electron chi connectivity index (χ2n) is 2.91. The molecule has 1 amide bonds. The number of phenols is 1. The summed E-state index contributed by atoms with van der Waals surface area (Å²) < 4.78 is 4.94. The molecule has 0 aliphatic carbocycles. The lowest BCUT2D eigenvalue weighted by Gasteiger charge is -2.07. The molecule has 2 N–H and O–H groups in total. The van der Waals surface area contributed by atoms with Gasteiger partial charge in [-0.05, 0) is 12.1 Å². The molecule has 5 heteroatoms. The molecule has 0 saturated heterocycles. The first-order valence-corrected chi connectivity index (χ1v) is 5.48. The van der Waals surface area contributed by atoms with Crippen LogP contribution in [0.4, 0.5) is 0 Å². The second kappa shape index (κ2) is 5.60. The number of benzene rings is 1. The normalized spacial score (nSPS) is 9.73. The molecular weight excluding hydrogens is 262 g/mol. The number of carbonyl (C=O) groups is 1. The number of phenolic OH excluding ortho intramolecular Hbond substituents is 1. The topological polar surface area (TPSA) is 58.6 Å². The van der Waals surface area contributed by atoms with E-state index < -0.39 is 0 Å². The van der Waals surface area contributed by atoms with E-state index in [0.717, 1.165) is 0 Å². The van der Waals surface area contributed by atoms with Crippen LogP contribution in [0.1, 0.15) is 5.56 Å². The van der Waals surface area contributed by atoms with Crippen molar-refractivity contribution >= 4 is 21.8 Å². The zero-order chi connectivity index (χ0) is 11.3. The third-order valence-electron chi connectivity index (χ3n) is 1.89. The molecule has 0 bridgehead atoms. The van der Waals surface area contributed by atoms with Crippen molar-refractivity contribution < 1.29 is 14.6 Å². The number of hydrogen-bond donors (Lipinski definition) is 2. The molecular formula is C10H12BrNO3. The van der Waals surface area contributed by atoms with Gasteiger partial charge in [0.2, 0.25) is 5.91 Å². The lowest BCUT2D eigenvalue weighted by atomic mass is 10.2. The van der Waals surface area contributed by atoms with Gasteiger partial charge < -0.3 is 15.2 Å². The van der Waals surface area contributed by atoms with Crippen molar-refractivity contribution in [1.29, 1.82) is 0 Å². The lowest BCUT2D eigenvalue weighted by molar-refractivity contribution is -0.118. The Balaban J connectivity index is 2.66. The zero-order valence-corrected chi connectivity index (χ0v) is 9.87. The number of ether oxygens (including phenoxy) is 1. The summed E-state index contributed by atoms with van der Waals surface area (Å²) >= 11 is 3.04. The van der Waals surface area contributed by atoms with E-state index in [1.165, 1.54) is 13.2 Å². The standard InChI is InChI=1S/C10H12BrNO3/c1-15-8-3-2-7(9(13)4-8)6-12-10(14)5-11/h2-4,13H,5-6H2,1H3,(H,12,14). The molecule has 0 spiro atoms. The van der Waals surface area contributed by atoms with Crippen LogP contribution < -0.4 is 10.1 Å². The average molecular weight is 274 g/mol. The summed E-state index contributed by atoms with van der Waals surface area (Å²) in [5.74, 6) is 0.581. The van der Waals surface area contributed by atoms with Crippen LogP contribution in [0.15, 0.2) is 18.2 Å². The van der Waals surface area contributed by atoms with E-state index in [0.29, 0.717) is 17.9 Å². The minimum absolute atomic E-state index is 0.115. The van der Waals surface area contributed by atoms with Gasteiger partial charge >= 0.3 is 0 Å². The number of aromatic hydroxyl groups is 1. The van der Waals surface area contributed by atoms with Gasteiger partial charge in [0, 0.05) is 18.2 Å². The number of carbonyl (C=O) groups excluding carboxylic acids is 1. The highest BCUT2D eigenvalue weighted by atomic mass is 79.9. The number of amides is 1. The first kappa shape index (κ1) is 11.8. The fourth-order valence-corrected chi connectivity index (χ4v) is 1.26. The summed E-state index contributed by atoms with van der Waals surface area (Å²) in [5, 5.41) is 12.5. The molecule has 0 aromatic heterocycles. The highest BCUT2D eigenvalue weighted by Crippen LogP contribution is 2.22. The van der Waals surface area contributed by atoms with Gasteiger partial charge in [-0.25, -0.2) is 0 Å². The zero-order valence-electron chi connectivity index (χ0n) is 8.29. The Labute approximate surface area is 96.4 Å². The van der Waals surface area contributed by atoms with Gasteiger partial charge in [0.25, 0.3) is 0 Å². The summed E-state index contributed by atoms with van der Waals surface area (Å²) in [5.41, 5.74) is 0.658. The summed E-state index contributed by atoms with van der Waals surface area (Å²) in [7, 11) is 1.53. The van der Waals surface area contributed by atoms with Crippen LogP contribution in [-0.2, 0) is 11.3 Å². The number of alkyl halides is 1. The fraction of sp³-hybridized carbons (Fsp3) is 0.300. The maximum absolute atomic E-state index is 11.0. The van der Waals surface area contributed by atoms with Crippen LogP contribution in [0.2, 0.25) is 0 Å². The lowest BCUT2D eigenvalue weighted by Crippen LogP contribution is -2.23. The van der Waals surface area contributed by atoms with Gasteiger partial charge in [0.1, 0.15) is 11.5 Å². The van der Waals surface area contributed by atoms with Crippen molar-refractivity contribution in [2.75, 3.05) is 12.4 Å². The van der Waals surface area contributed by atoms with E-state index in [-0.39, 0.29) is 17.0 Å². The van der Waals surface area contributed by atoms with Crippen LogP contribution in [0.3, 0.4) is 0 Å². The average Bonchev–Trinajstić information content (AvgIpc) is 2.26. The fourth-order valence-electron chi connectivity index (χ4n) is 1.06. The predicted molar refractivity (Wildman–Crippen MR) is 60.3 cm³/mol. The van der Waals surface area contributed by atoms with E-state index in [1.807, 2.05) is 0 Å². The van der Waals surface area contributed by atoms with E-state index in [4.69, 9.17) is 4.74 Å². The van der Waals surface area contributed by atoms with E-state index >= 15 is 0 Å². The van der Waals surface area contributed by atoms with Crippen molar-refractivity contribution in [3.8, 4) is 11.5 Å². The molecule has 0 fully saturated rings. The van der Waals surface area contributed by atoms with Crippen molar-refractivity contribution in [1.82, 2.24) is 5.32 Å². The van der Waals surface area contributed by atoms with Gasteiger partial charge in [-0.1, -0.05) is 15.9 Å². The highest BCUT2D eigenvalue weighted by molar-refractivity contribution is 9.09. The summed E-state index contributed by atoms with van der Waals surface area (Å²) in [4.78, 5) is 11.0. The molecule has 0 unspecified atom stereocenters. The van der Waals surface area contributed by atoms with Gasteiger partial charge in [-0.3, -0.25) is 4.79 Å². The van der Waals surface area contributed by atoms with Gasteiger partial charge in [0.15, 0.2) is 0 Å². The molecule has 0 atom stereocenters. The second-order valence-corrected chi connectivity index (χ2v) is 3.47. The van der Waals surface area contributed by atoms with Crippen molar-refractivity contribution in [2.24, 2.45) is 0 Å². The summed E-state index contributed by atoms with van der Waals surface area (Å²) in [6, 6.07) is 4.95. The van der Waals surface area contributed by atoms with Crippen LogP contribution in [0.25, 0.3) is 0 Å². The van der Waals surface area contributed by atoms with Crippen molar-refractivity contribution in [2.45, 2.75) is 6.54 Å². The molecule has 0 aliphatic rings. The number of halogens is 1. The third kappa shape index (κ3) is 3.43. The van der Waals surface area contributed by atoms with Gasteiger partial charge in [-0.15, -0.1) is 0 Å². The van der Waals surface area contributed by atoms with Crippen LogP contribution in [-0.4, -0.2) is 23.5 Å². The molecule has 0 heterocycles. The van der Waals surface area contributed by atoms with Crippen LogP contribution in [0, 0.1) is 0 Å². The molecule has 0 saturated carbocycles. The minimum Gasteiger partial charge on any atom is -0.507 e. The Morgan fingerprint density at radius 2 is 2.33 bits per heavy atom. The van der Waals surface area contributed by atoms with E-state index in [9.17, 15) is 9.90 Å². The number of rotatable bonds is 4. The van der Waals surface area contributed by atoms with Crippen molar-refractivity contribution in [3.05, 3.63) is 23.8 Å². The molecule has 1 aromatic rings. The van der Waals surface area contributed by atoms with Gasteiger partial charge in [-0.2, -0.15) is 0 Å². The minimum atomic E-state index is -0.120. The quantitative estimate of drug-likeness (QED) is 0.816. The Morgan fingerprint density at radius 1 is 1.60 bits per heavy atom. The largest absolute Gasteiger partial charge is 0.507 e. The number of hydrogen-bond acceptors (Lipinski definition) is 3. The van der Waals surface area contributed by atoms with Crippen LogP contribution >= 0.6 is 15.9 Å². The molecule has 15 heavy (non-hydrogen) atoms. The molecule has 0 aliphatic heterocycles. The van der Waals surface area contributed by atoms with E-state index in [1.54, 1.807) is 12.1 Å². The Hall–Kier alpha value is -1.23. The third-order valence-corrected chi connectivity index (χ3v) is 2.40. The molecule has 0 radical (unpaired) electrons. The summed E-state index contributed by atoms with van der Waals surface area (Å²) in [6.45, 7) is 0.306. The van der Waals surface area contributed by atoms with Crippen molar-refractivity contribution in [3.63, 3.8) is 0 Å². The molecule has 82 valence electrons.